The number of carboxylic acids is 1. The summed E-state index contributed by atoms with van der Waals surface area (Å²) in [5.41, 5.74) is 1.27. The van der Waals surface area contributed by atoms with Crippen LogP contribution in [-0.4, -0.2) is 41.6 Å². The number of carbonyl (C=O) groups is 2. The number of nitrogens with zero attached hydrogens (tertiary/aromatic N) is 1. The van der Waals surface area contributed by atoms with Crippen LogP contribution in [0.2, 0.25) is 0 Å². The number of aliphatic carboxylic acids is 1. The van der Waals surface area contributed by atoms with E-state index in [2.05, 4.69) is 17.4 Å². The maximum Gasteiger partial charge on any atom is 0.317 e. The zero-order valence-corrected chi connectivity index (χ0v) is 12.1. The molecule has 1 heterocycles. The third-order valence-corrected chi connectivity index (χ3v) is 3.89. The quantitative estimate of drug-likeness (QED) is 0.816. The van der Waals surface area contributed by atoms with Crippen LogP contribution in [-0.2, 0) is 11.2 Å². The fourth-order valence-electron chi connectivity index (χ4n) is 2.57. The van der Waals surface area contributed by atoms with Crippen LogP contribution in [0.15, 0.2) is 30.3 Å². The first-order valence-electron chi connectivity index (χ1n) is 7.46. The van der Waals surface area contributed by atoms with E-state index in [-0.39, 0.29) is 11.9 Å². The van der Waals surface area contributed by atoms with E-state index in [9.17, 15) is 9.59 Å². The van der Waals surface area contributed by atoms with Crippen molar-refractivity contribution in [1.82, 2.24) is 10.2 Å². The van der Waals surface area contributed by atoms with E-state index in [0.717, 1.165) is 12.8 Å². The second kappa shape index (κ2) is 7.67. The van der Waals surface area contributed by atoms with Gasteiger partial charge >= 0.3 is 12.0 Å². The molecule has 5 heteroatoms. The molecule has 0 bridgehead atoms. The van der Waals surface area contributed by atoms with Crippen molar-refractivity contribution in [3.63, 3.8) is 0 Å². The molecule has 2 N–H and O–H groups in total. The van der Waals surface area contributed by atoms with Gasteiger partial charge in [0.2, 0.25) is 0 Å². The minimum absolute atomic E-state index is 0.0769. The molecule has 0 radical (unpaired) electrons. The number of rotatable bonds is 5. The fraction of sp³-hybridized carbons (Fsp3) is 0.500. The van der Waals surface area contributed by atoms with E-state index in [1.54, 1.807) is 4.90 Å². The molecule has 0 atom stereocenters. The molecule has 1 aliphatic heterocycles. The monoisotopic (exact) mass is 290 g/mol. The molecular weight excluding hydrogens is 268 g/mol. The topological polar surface area (TPSA) is 69.6 Å². The molecule has 1 saturated heterocycles. The van der Waals surface area contributed by atoms with E-state index in [1.165, 1.54) is 5.56 Å². The summed E-state index contributed by atoms with van der Waals surface area (Å²) in [7, 11) is 0. The van der Waals surface area contributed by atoms with Gasteiger partial charge in [-0.1, -0.05) is 30.3 Å². The normalized spacial score (nSPS) is 15.7. The number of amides is 2. The first kappa shape index (κ1) is 15.4. The summed E-state index contributed by atoms with van der Waals surface area (Å²) in [6.45, 7) is 1.70. The molecule has 5 nitrogen and oxygen atoms in total. The summed E-state index contributed by atoms with van der Waals surface area (Å²) in [6.07, 6.45) is 2.95. The predicted molar refractivity (Wildman–Crippen MR) is 80.1 cm³/mol. The van der Waals surface area contributed by atoms with Crippen molar-refractivity contribution < 1.29 is 14.7 Å². The Hall–Kier alpha value is -2.04. The number of carbonyl (C=O) groups excluding carboxylic acids is 1. The van der Waals surface area contributed by atoms with Gasteiger partial charge in [-0.3, -0.25) is 4.79 Å². The van der Waals surface area contributed by atoms with Crippen molar-refractivity contribution in [3.05, 3.63) is 35.9 Å². The van der Waals surface area contributed by atoms with Crippen molar-refractivity contribution in [3.8, 4) is 0 Å². The Morgan fingerprint density at radius 2 is 1.86 bits per heavy atom. The third-order valence-electron chi connectivity index (χ3n) is 3.89. The highest BCUT2D eigenvalue weighted by Crippen LogP contribution is 2.17. The molecule has 21 heavy (non-hydrogen) atoms. The smallest absolute Gasteiger partial charge is 0.317 e. The largest absolute Gasteiger partial charge is 0.481 e. The number of nitrogens with one attached hydrogen (secondary N) is 1. The van der Waals surface area contributed by atoms with Crippen LogP contribution >= 0.6 is 0 Å². The molecule has 1 fully saturated rings. The highest BCUT2D eigenvalue weighted by Gasteiger charge is 2.26. The summed E-state index contributed by atoms with van der Waals surface area (Å²) in [5, 5.41) is 11.8. The number of aryl methyl sites for hydroxylation is 1. The number of piperidine rings is 1. The second-order valence-corrected chi connectivity index (χ2v) is 5.42. The Bertz CT molecular complexity index is 468. The van der Waals surface area contributed by atoms with Crippen molar-refractivity contribution in [1.29, 1.82) is 0 Å². The Labute approximate surface area is 125 Å². The molecule has 2 rings (SSSR count). The van der Waals surface area contributed by atoms with E-state index in [4.69, 9.17) is 5.11 Å². The average Bonchev–Trinajstić information content (AvgIpc) is 2.52. The lowest BCUT2D eigenvalue weighted by Crippen LogP contribution is -2.45. The maximum absolute atomic E-state index is 12.0. The molecule has 1 aliphatic rings. The van der Waals surface area contributed by atoms with Crippen LogP contribution in [0.3, 0.4) is 0 Å². The van der Waals surface area contributed by atoms with Crippen LogP contribution in [0.1, 0.15) is 24.8 Å². The van der Waals surface area contributed by atoms with Gasteiger partial charge < -0.3 is 15.3 Å². The van der Waals surface area contributed by atoms with E-state index >= 15 is 0 Å². The Morgan fingerprint density at radius 3 is 2.48 bits per heavy atom. The Balaban J connectivity index is 1.63. The van der Waals surface area contributed by atoms with Crippen LogP contribution in [0, 0.1) is 5.92 Å². The lowest BCUT2D eigenvalue weighted by molar-refractivity contribution is -0.143. The summed E-state index contributed by atoms with van der Waals surface area (Å²) in [5.74, 6) is -1.05. The second-order valence-electron chi connectivity index (χ2n) is 5.42. The van der Waals surface area contributed by atoms with Crippen LogP contribution in [0.25, 0.3) is 0 Å². The average molecular weight is 290 g/mol. The van der Waals surface area contributed by atoms with Gasteiger partial charge in [-0.05, 0) is 31.2 Å². The molecule has 2 amide bonds. The molecule has 0 aromatic heterocycles. The van der Waals surface area contributed by atoms with Gasteiger partial charge in [0.25, 0.3) is 0 Å². The number of benzene rings is 1. The van der Waals surface area contributed by atoms with Crippen LogP contribution < -0.4 is 5.32 Å². The fourth-order valence-corrected chi connectivity index (χ4v) is 2.57. The zero-order valence-electron chi connectivity index (χ0n) is 12.1. The number of hydrogen-bond acceptors (Lipinski definition) is 2. The maximum atomic E-state index is 12.0. The third kappa shape index (κ3) is 4.77. The molecule has 114 valence electrons. The summed E-state index contributed by atoms with van der Waals surface area (Å²) >= 11 is 0. The molecule has 0 unspecified atom stereocenters. The van der Waals surface area contributed by atoms with Crippen LogP contribution in [0.4, 0.5) is 4.79 Å². The van der Waals surface area contributed by atoms with E-state index in [0.29, 0.717) is 32.5 Å². The number of hydrogen-bond donors (Lipinski definition) is 2. The van der Waals surface area contributed by atoms with Gasteiger partial charge in [0, 0.05) is 19.6 Å². The van der Waals surface area contributed by atoms with E-state index < -0.39 is 5.97 Å². The molecule has 0 spiro atoms. The standard InChI is InChI=1S/C16H22N2O3/c19-15(20)14-8-11-18(12-9-14)16(21)17-10-4-7-13-5-2-1-3-6-13/h1-3,5-6,14H,4,7-12H2,(H,17,21)(H,19,20). The summed E-state index contributed by atoms with van der Waals surface area (Å²) < 4.78 is 0. The Kier molecular flexibility index (Phi) is 5.60. The molecule has 0 aliphatic carbocycles. The highest BCUT2D eigenvalue weighted by molar-refractivity contribution is 5.75. The predicted octanol–water partition coefficient (Wildman–Crippen LogP) is 2.13. The summed E-state index contributed by atoms with van der Waals surface area (Å²) in [6, 6.07) is 10.1. The summed E-state index contributed by atoms with van der Waals surface area (Å²) in [4.78, 5) is 24.5. The van der Waals surface area contributed by atoms with Gasteiger partial charge in [-0.2, -0.15) is 0 Å². The van der Waals surface area contributed by atoms with E-state index in [1.807, 2.05) is 18.2 Å². The SMILES string of the molecule is O=C(O)C1CCN(C(=O)NCCCc2ccccc2)CC1. The van der Waals surface area contributed by atoms with Crippen molar-refractivity contribution in [2.75, 3.05) is 19.6 Å². The van der Waals surface area contributed by atoms with Crippen molar-refractivity contribution >= 4 is 12.0 Å². The Morgan fingerprint density at radius 1 is 1.19 bits per heavy atom. The lowest BCUT2D eigenvalue weighted by atomic mass is 9.97. The lowest BCUT2D eigenvalue weighted by Gasteiger charge is -2.30. The van der Waals surface area contributed by atoms with Gasteiger partial charge in [-0.15, -0.1) is 0 Å². The van der Waals surface area contributed by atoms with Gasteiger partial charge in [0.1, 0.15) is 0 Å². The first-order chi connectivity index (χ1) is 10.2. The van der Waals surface area contributed by atoms with Gasteiger partial charge in [0.15, 0.2) is 0 Å². The first-order valence-corrected chi connectivity index (χ1v) is 7.46. The molecule has 1 aromatic rings. The number of likely N-dealkylation sites (tertiary alicyclic amines) is 1. The number of carboxylic acid groups (broad SMARTS) is 1. The molecule has 0 saturated carbocycles. The van der Waals surface area contributed by atoms with Crippen LogP contribution in [0.5, 0.6) is 0 Å². The van der Waals surface area contributed by atoms with Gasteiger partial charge in [-0.25, -0.2) is 4.79 Å². The minimum Gasteiger partial charge on any atom is -0.481 e. The van der Waals surface area contributed by atoms with Crippen molar-refractivity contribution in [2.45, 2.75) is 25.7 Å². The van der Waals surface area contributed by atoms with Gasteiger partial charge in [0.05, 0.1) is 5.92 Å². The minimum atomic E-state index is -0.752. The highest BCUT2D eigenvalue weighted by atomic mass is 16.4. The molecular formula is C16H22N2O3. The zero-order chi connectivity index (χ0) is 15.1. The number of urea groups is 1. The van der Waals surface area contributed by atoms with Crippen molar-refractivity contribution in [2.24, 2.45) is 5.92 Å². The molecule has 1 aromatic carbocycles.